The number of rotatable bonds is 6. The van der Waals surface area contributed by atoms with E-state index in [0.29, 0.717) is 11.8 Å². The largest absolute Gasteiger partial charge is 0.462 e. The minimum absolute atomic E-state index is 0.0446. The summed E-state index contributed by atoms with van der Waals surface area (Å²) in [4.78, 5) is 48.4. The number of nitro benzene ring substituents is 2. The van der Waals surface area contributed by atoms with E-state index >= 15 is 0 Å². The molecule has 0 aliphatic carbocycles. The Morgan fingerprint density at radius 1 is 1.27 bits per heavy atom. The topological polar surface area (TPSA) is 155 Å². The second-order valence-corrected chi connectivity index (χ2v) is 5.82. The first kappa shape index (κ1) is 18.9. The normalized spacial score (nSPS) is 10.2. The van der Waals surface area contributed by atoms with Gasteiger partial charge in [-0.1, -0.05) is 11.3 Å². The smallest absolute Gasteiger partial charge is 0.350 e. The maximum Gasteiger partial charge on any atom is 0.350 e. The van der Waals surface area contributed by atoms with Gasteiger partial charge in [0.15, 0.2) is 5.13 Å². The van der Waals surface area contributed by atoms with E-state index in [-0.39, 0.29) is 22.2 Å². The second kappa shape index (κ2) is 7.65. The third-order valence-corrected chi connectivity index (χ3v) is 4.16. The lowest BCUT2D eigenvalue weighted by Crippen LogP contribution is -2.14. The number of esters is 1. The van der Waals surface area contributed by atoms with E-state index in [2.05, 4.69) is 10.3 Å². The van der Waals surface area contributed by atoms with Crippen LogP contribution < -0.4 is 5.32 Å². The number of carbonyl (C=O) groups is 2. The number of thiazole rings is 1. The van der Waals surface area contributed by atoms with Gasteiger partial charge in [0.1, 0.15) is 10.4 Å². The van der Waals surface area contributed by atoms with E-state index < -0.39 is 33.1 Å². The molecule has 0 aliphatic rings. The Morgan fingerprint density at radius 3 is 2.54 bits per heavy atom. The summed E-state index contributed by atoms with van der Waals surface area (Å²) in [5, 5.41) is 24.2. The zero-order chi connectivity index (χ0) is 19.4. The van der Waals surface area contributed by atoms with Gasteiger partial charge in [0, 0.05) is 6.07 Å². The third-order valence-electron chi connectivity index (χ3n) is 3.11. The van der Waals surface area contributed by atoms with Crippen LogP contribution in [0.2, 0.25) is 0 Å². The Balaban J connectivity index is 2.31. The zero-order valence-corrected chi connectivity index (χ0v) is 14.4. The SMILES string of the molecule is CCOC(=O)c1sc(NC(=O)c2ccc([N+](=O)[O-])cc2[N+](=O)[O-])nc1C. The lowest BCUT2D eigenvalue weighted by molar-refractivity contribution is -0.394. The number of aryl methyl sites for hydroxylation is 1. The molecule has 0 bridgehead atoms. The number of ether oxygens (including phenoxy) is 1. The first-order chi connectivity index (χ1) is 12.2. The summed E-state index contributed by atoms with van der Waals surface area (Å²) in [5.41, 5.74) is -1.26. The molecule has 2 aromatic rings. The number of nitro groups is 2. The number of amides is 1. The van der Waals surface area contributed by atoms with Gasteiger partial charge in [-0.2, -0.15) is 0 Å². The maximum atomic E-state index is 12.3. The number of benzene rings is 1. The van der Waals surface area contributed by atoms with E-state index in [1.807, 2.05) is 0 Å². The van der Waals surface area contributed by atoms with Crippen molar-refractivity contribution in [1.82, 2.24) is 4.98 Å². The number of hydrogen-bond acceptors (Lipinski definition) is 9. The molecule has 1 aromatic carbocycles. The van der Waals surface area contributed by atoms with Crippen molar-refractivity contribution in [2.75, 3.05) is 11.9 Å². The van der Waals surface area contributed by atoms with E-state index in [0.717, 1.165) is 23.5 Å². The highest BCUT2D eigenvalue weighted by atomic mass is 32.1. The zero-order valence-electron chi connectivity index (χ0n) is 13.5. The quantitative estimate of drug-likeness (QED) is 0.455. The number of anilines is 1. The van der Waals surface area contributed by atoms with Gasteiger partial charge < -0.3 is 4.74 Å². The molecule has 11 nitrogen and oxygen atoms in total. The van der Waals surface area contributed by atoms with Gasteiger partial charge in [-0.3, -0.25) is 30.3 Å². The standard InChI is InChI=1S/C14H12N4O7S/c1-3-25-13(20)11-7(2)15-14(26-11)16-12(19)9-5-4-8(17(21)22)6-10(9)18(23)24/h4-6H,3H2,1-2H3,(H,15,16,19). The highest BCUT2D eigenvalue weighted by Gasteiger charge is 2.25. The van der Waals surface area contributed by atoms with Crippen LogP contribution in [-0.2, 0) is 4.74 Å². The Morgan fingerprint density at radius 2 is 1.96 bits per heavy atom. The minimum atomic E-state index is -0.890. The maximum absolute atomic E-state index is 12.3. The summed E-state index contributed by atoms with van der Waals surface area (Å²) in [6.07, 6.45) is 0. The van der Waals surface area contributed by atoms with Crippen molar-refractivity contribution in [2.24, 2.45) is 0 Å². The first-order valence-electron chi connectivity index (χ1n) is 7.13. The number of hydrogen-bond donors (Lipinski definition) is 1. The average molecular weight is 380 g/mol. The first-order valence-corrected chi connectivity index (χ1v) is 7.95. The predicted octanol–water partition coefficient (Wildman–Crippen LogP) is 2.70. The molecule has 0 spiro atoms. The summed E-state index contributed by atoms with van der Waals surface area (Å²) in [6.45, 7) is 3.37. The van der Waals surface area contributed by atoms with Gasteiger partial charge in [0.25, 0.3) is 17.3 Å². The van der Waals surface area contributed by atoms with Gasteiger partial charge in [-0.15, -0.1) is 0 Å². The van der Waals surface area contributed by atoms with Crippen LogP contribution in [0.4, 0.5) is 16.5 Å². The van der Waals surface area contributed by atoms with Crippen LogP contribution in [0.3, 0.4) is 0 Å². The Bertz CT molecular complexity index is 909. The molecular formula is C14H12N4O7S. The molecule has 12 heteroatoms. The molecule has 1 N–H and O–H groups in total. The van der Waals surface area contributed by atoms with Crippen molar-refractivity contribution in [3.63, 3.8) is 0 Å². The Hall–Kier alpha value is -3.41. The van der Waals surface area contributed by atoms with E-state index in [1.54, 1.807) is 13.8 Å². The minimum Gasteiger partial charge on any atom is -0.462 e. The van der Waals surface area contributed by atoms with E-state index in [1.165, 1.54) is 0 Å². The fraction of sp³-hybridized carbons (Fsp3) is 0.214. The number of non-ortho nitro benzene ring substituents is 1. The Kier molecular flexibility index (Phi) is 5.57. The highest BCUT2D eigenvalue weighted by molar-refractivity contribution is 7.17. The van der Waals surface area contributed by atoms with Crippen molar-refractivity contribution in [3.05, 3.63) is 54.6 Å². The summed E-state index contributed by atoms with van der Waals surface area (Å²) in [5.74, 6) is -1.47. The molecule has 0 unspecified atom stereocenters. The molecule has 26 heavy (non-hydrogen) atoms. The van der Waals surface area contributed by atoms with E-state index in [4.69, 9.17) is 4.74 Å². The molecule has 0 atom stereocenters. The monoisotopic (exact) mass is 380 g/mol. The van der Waals surface area contributed by atoms with Crippen molar-refractivity contribution in [2.45, 2.75) is 13.8 Å². The predicted molar refractivity (Wildman–Crippen MR) is 90.5 cm³/mol. The van der Waals surface area contributed by atoms with Crippen molar-refractivity contribution in [3.8, 4) is 0 Å². The highest BCUT2D eigenvalue weighted by Crippen LogP contribution is 2.27. The number of carbonyl (C=O) groups excluding carboxylic acids is 2. The molecule has 0 radical (unpaired) electrons. The number of nitrogens with one attached hydrogen (secondary N) is 1. The molecule has 1 amide bonds. The molecule has 0 saturated carbocycles. The summed E-state index contributed by atoms with van der Waals surface area (Å²) >= 11 is 0.857. The van der Waals surface area contributed by atoms with Crippen LogP contribution in [0.1, 0.15) is 32.6 Å². The van der Waals surface area contributed by atoms with Crippen molar-refractivity contribution in [1.29, 1.82) is 0 Å². The van der Waals surface area contributed by atoms with Gasteiger partial charge in [0.05, 0.1) is 28.2 Å². The molecule has 136 valence electrons. The molecular weight excluding hydrogens is 368 g/mol. The van der Waals surface area contributed by atoms with Gasteiger partial charge in [0.2, 0.25) is 0 Å². The fourth-order valence-corrected chi connectivity index (χ4v) is 2.83. The van der Waals surface area contributed by atoms with Crippen LogP contribution in [0, 0.1) is 27.2 Å². The molecule has 1 heterocycles. The number of nitrogens with zero attached hydrogens (tertiary/aromatic N) is 3. The molecule has 0 saturated heterocycles. The van der Waals surface area contributed by atoms with E-state index in [9.17, 15) is 29.8 Å². The van der Waals surface area contributed by atoms with Crippen molar-refractivity contribution >= 4 is 39.7 Å². The molecule has 1 aromatic heterocycles. The van der Waals surface area contributed by atoms with Gasteiger partial charge in [-0.25, -0.2) is 9.78 Å². The Labute approximate surface area is 149 Å². The van der Waals surface area contributed by atoms with Gasteiger partial charge in [-0.05, 0) is 19.9 Å². The molecule has 0 aliphatic heterocycles. The second-order valence-electron chi connectivity index (χ2n) is 4.82. The third kappa shape index (κ3) is 3.97. The van der Waals surface area contributed by atoms with Gasteiger partial charge >= 0.3 is 5.97 Å². The summed E-state index contributed by atoms with van der Waals surface area (Å²) in [6, 6.07) is 2.67. The van der Waals surface area contributed by atoms with Crippen LogP contribution in [0.15, 0.2) is 18.2 Å². The lowest BCUT2D eigenvalue weighted by Gasteiger charge is -2.03. The van der Waals surface area contributed by atoms with Crippen LogP contribution >= 0.6 is 11.3 Å². The fourth-order valence-electron chi connectivity index (χ4n) is 1.98. The average Bonchev–Trinajstić information content (AvgIpc) is 2.94. The molecule has 2 rings (SSSR count). The number of aromatic nitrogens is 1. The summed E-state index contributed by atoms with van der Waals surface area (Å²) in [7, 11) is 0. The summed E-state index contributed by atoms with van der Waals surface area (Å²) < 4.78 is 4.86. The van der Waals surface area contributed by atoms with Crippen LogP contribution in [0.5, 0.6) is 0 Å². The van der Waals surface area contributed by atoms with Crippen LogP contribution in [0.25, 0.3) is 0 Å². The molecule has 0 fully saturated rings. The lowest BCUT2D eigenvalue weighted by atomic mass is 10.1. The van der Waals surface area contributed by atoms with Crippen molar-refractivity contribution < 1.29 is 24.2 Å². The van der Waals surface area contributed by atoms with Crippen LogP contribution in [-0.4, -0.2) is 33.3 Å².